The standard InChI is InChI=1S/C19H20N2S/c1-19(2)14-17(15-10-6-4-7-11-15)21(18(20-19)22-3)16-12-8-5-9-13-16/h4-14H,1-3H3. The molecule has 0 bridgehead atoms. The second kappa shape index (κ2) is 6.01. The Labute approximate surface area is 136 Å². The molecular weight excluding hydrogens is 288 g/mol. The number of hydrogen-bond acceptors (Lipinski definition) is 3. The lowest BCUT2D eigenvalue weighted by molar-refractivity contribution is 0.653. The van der Waals surface area contributed by atoms with Crippen molar-refractivity contribution in [3.63, 3.8) is 0 Å². The van der Waals surface area contributed by atoms with E-state index in [2.05, 4.69) is 85.7 Å². The van der Waals surface area contributed by atoms with E-state index in [-0.39, 0.29) is 5.54 Å². The van der Waals surface area contributed by atoms with Gasteiger partial charge < -0.3 is 0 Å². The van der Waals surface area contributed by atoms with Crippen molar-refractivity contribution in [2.75, 3.05) is 11.2 Å². The third kappa shape index (κ3) is 2.95. The minimum Gasteiger partial charge on any atom is -0.290 e. The van der Waals surface area contributed by atoms with Gasteiger partial charge in [-0.3, -0.25) is 9.89 Å². The van der Waals surface area contributed by atoms with Crippen molar-refractivity contribution in [2.24, 2.45) is 4.99 Å². The van der Waals surface area contributed by atoms with E-state index in [4.69, 9.17) is 4.99 Å². The molecule has 2 nitrogen and oxygen atoms in total. The van der Waals surface area contributed by atoms with Crippen LogP contribution in [-0.4, -0.2) is 17.0 Å². The van der Waals surface area contributed by atoms with Crippen LogP contribution >= 0.6 is 11.8 Å². The van der Waals surface area contributed by atoms with Crippen LogP contribution in [0.1, 0.15) is 19.4 Å². The highest BCUT2D eigenvalue weighted by Crippen LogP contribution is 2.35. The van der Waals surface area contributed by atoms with Gasteiger partial charge in [0.1, 0.15) is 0 Å². The van der Waals surface area contributed by atoms with Crippen molar-refractivity contribution in [2.45, 2.75) is 19.4 Å². The van der Waals surface area contributed by atoms with E-state index in [0.717, 1.165) is 10.9 Å². The van der Waals surface area contributed by atoms with E-state index in [0.29, 0.717) is 0 Å². The summed E-state index contributed by atoms with van der Waals surface area (Å²) in [5.74, 6) is 0. The third-order valence-electron chi connectivity index (χ3n) is 3.57. The van der Waals surface area contributed by atoms with Crippen molar-refractivity contribution in [3.8, 4) is 0 Å². The van der Waals surface area contributed by atoms with Crippen molar-refractivity contribution in [3.05, 3.63) is 72.3 Å². The van der Waals surface area contributed by atoms with E-state index in [1.165, 1.54) is 11.3 Å². The van der Waals surface area contributed by atoms with Crippen LogP contribution in [0.2, 0.25) is 0 Å². The van der Waals surface area contributed by atoms with Crippen molar-refractivity contribution < 1.29 is 0 Å². The molecule has 22 heavy (non-hydrogen) atoms. The Hall–Kier alpha value is -2.00. The van der Waals surface area contributed by atoms with E-state index < -0.39 is 0 Å². The summed E-state index contributed by atoms with van der Waals surface area (Å²) in [6, 6.07) is 20.9. The molecular formula is C19H20N2S. The number of benzene rings is 2. The number of anilines is 1. The summed E-state index contributed by atoms with van der Waals surface area (Å²) < 4.78 is 0. The van der Waals surface area contributed by atoms with Crippen molar-refractivity contribution >= 4 is 28.3 Å². The minimum absolute atomic E-state index is 0.200. The Balaban J connectivity index is 2.16. The summed E-state index contributed by atoms with van der Waals surface area (Å²) in [5, 5.41) is 1.03. The first-order chi connectivity index (χ1) is 10.6. The first kappa shape index (κ1) is 14.9. The SMILES string of the molecule is CSC1=NC(C)(C)C=C(c2ccccc2)N1c1ccccc1. The molecule has 0 unspecified atom stereocenters. The Kier molecular flexibility index (Phi) is 4.08. The van der Waals surface area contributed by atoms with Gasteiger partial charge in [0.15, 0.2) is 5.17 Å². The molecule has 2 aromatic rings. The van der Waals surface area contributed by atoms with Gasteiger partial charge in [-0.15, -0.1) is 0 Å². The molecule has 3 rings (SSSR count). The zero-order valence-electron chi connectivity index (χ0n) is 13.2. The maximum atomic E-state index is 4.90. The third-order valence-corrected chi connectivity index (χ3v) is 4.21. The summed E-state index contributed by atoms with van der Waals surface area (Å²) in [6.07, 6.45) is 4.33. The minimum atomic E-state index is -0.200. The maximum Gasteiger partial charge on any atom is 0.168 e. The van der Waals surface area contributed by atoms with Crippen LogP contribution in [0.15, 0.2) is 71.7 Å². The second-order valence-electron chi connectivity index (χ2n) is 5.82. The molecule has 3 heteroatoms. The van der Waals surface area contributed by atoms with Gasteiger partial charge in [-0.2, -0.15) is 0 Å². The lowest BCUT2D eigenvalue weighted by Crippen LogP contribution is -2.35. The van der Waals surface area contributed by atoms with Gasteiger partial charge in [0.25, 0.3) is 0 Å². The topological polar surface area (TPSA) is 15.6 Å². The lowest BCUT2D eigenvalue weighted by Gasteiger charge is -2.35. The molecule has 0 aromatic heterocycles. The lowest BCUT2D eigenvalue weighted by atomic mass is 9.99. The Morgan fingerprint density at radius 2 is 1.50 bits per heavy atom. The summed E-state index contributed by atoms with van der Waals surface area (Å²) in [5.41, 5.74) is 3.34. The fourth-order valence-corrected chi connectivity index (χ4v) is 3.33. The summed E-state index contributed by atoms with van der Waals surface area (Å²) in [7, 11) is 0. The molecule has 0 saturated heterocycles. The number of nitrogens with zero attached hydrogens (tertiary/aromatic N) is 2. The maximum absolute atomic E-state index is 4.90. The number of amidine groups is 1. The quantitative estimate of drug-likeness (QED) is 0.772. The average molecular weight is 308 g/mol. The van der Waals surface area contributed by atoms with Crippen LogP contribution in [-0.2, 0) is 0 Å². The van der Waals surface area contributed by atoms with E-state index in [9.17, 15) is 0 Å². The fraction of sp³-hybridized carbons (Fsp3) is 0.211. The van der Waals surface area contributed by atoms with Crippen LogP contribution in [0.5, 0.6) is 0 Å². The molecule has 112 valence electrons. The first-order valence-electron chi connectivity index (χ1n) is 7.38. The van der Waals surface area contributed by atoms with E-state index in [1.54, 1.807) is 11.8 Å². The summed E-state index contributed by atoms with van der Waals surface area (Å²) >= 11 is 1.68. The second-order valence-corrected chi connectivity index (χ2v) is 6.59. The molecule has 1 heterocycles. The van der Waals surface area contributed by atoms with E-state index >= 15 is 0 Å². The Morgan fingerprint density at radius 3 is 2.09 bits per heavy atom. The monoisotopic (exact) mass is 308 g/mol. The van der Waals surface area contributed by atoms with Crippen LogP contribution in [0.25, 0.3) is 5.70 Å². The molecule has 1 aliphatic rings. The molecule has 1 aliphatic heterocycles. The van der Waals surface area contributed by atoms with Gasteiger partial charge in [0.05, 0.1) is 11.2 Å². The van der Waals surface area contributed by atoms with E-state index in [1.807, 2.05) is 6.07 Å². The number of aliphatic imine (C=N–C) groups is 1. The predicted molar refractivity (Wildman–Crippen MR) is 98.4 cm³/mol. The van der Waals surface area contributed by atoms with Gasteiger partial charge >= 0.3 is 0 Å². The van der Waals surface area contributed by atoms with Crippen LogP contribution in [0.4, 0.5) is 5.69 Å². The van der Waals surface area contributed by atoms with Crippen LogP contribution < -0.4 is 4.90 Å². The normalized spacial score (nSPS) is 17.0. The molecule has 0 spiro atoms. The molecule has 0 radical (unpaired) electrons. The molecule has 0 aliphatic carbocycles. The van der Waals surface area contributed by atoms with Gasteiger partial charge in [-0.1, -0.05) is 60.3 Å². The average Bonchev–Trinajstić information content (AvgIpc) is 2.55. The highest BCUT2D eigenvalue weighted by molar-refractivity contribution is 8.13. The fourth-order valence-electron chi connectivity index (χ4n) is 2.62. The van der Waals surface area contributed by atoms with Crippen LogP contribution in [0, 0.1) is 0 Å². The van der Waals surface area contributed by atoms with Crippen molar-refractivity contribution in [1.82, 2.24) is 0 Å². The highest BCUT2D eigenvalue weighted by atomic mass is 32.2. The largest absolute Gasteiger partial charge is 0.290 e. The van der Waals surface area contributed by atoms with Crippen molar-refractivity contribution in [1.29, 1.82) is 0 Å². The smallest absolute Gasteiger partial charge is 0.168 e. The number of rotatable bonds is 2. The zero-order chi connectivity index (χ0) is 15.6. The molecule has 0 fully saturated rings. The number of para-hydroxylation sites is 1. The van der Waals surface area contributed by atoms with Crippen LogP contribution in [0.3, 0.4) is 0 Å². The molecule has 0 saturated carbocycles. The van der Waals surface area contributed by atoms with Gasteiger partial charge in [-0.25, -0.2) is 0 Å². The predicted octanol–water partition coefficient (Wildman–Crippen LogP) is 5.05. The zero-order valence-corrected chi connectivity index (χ0v) is 14.0. The Morgan fingerprint density at radius 1 is 0.909 bits per heavy atom. The van der Waals surface area contributed by atoms with Gasteiger partial charge in [0.2, 0.25) is 0 Å². The number of hydrogen-bond donors (Lipinski definition) is 0. The number of thioether (sulfide) groups is 1. The molecule has 0 atom stereocenters. The van der Waals surface area contributed by atoms with Gasteiger partial charge in [0, 0.05) is 5.69 Å². The first-order valence-corrected chi connectivity index (χ1v) is 8.60. The van der Waals surface area contributed by atoms with Gasteiger partial charge in [-0.05, 0) is 43.9 Å². The summed E-state index contributed by atoms with van der Waals surface area (Å²) in [4.78, 5) is 7.14. The highest BCUT2D eigenvalue weighted by Gasteiger charge is 2.29. The molecule has 0 N–H and O–H groups in total. The summed E-state index contributed by atoms with van der Waals surface area (Å²) in [6.45, 7) is 4.29. The molecule has 2 aromatic carbocycles. The molecule has 0 amide bonds. The Bertz CT molecular complexity index is 703.